The van der Waals surface area contributed by atoms with Crippen molar-refractivity contribution in [2.45, 2.75) is 23.6 Å². The van der Waals surface area contributed by atoms with E-state index >= 15 is 0 Å². The lowest BCUT2D eigenvalue weighted by atomic mass is 9.98. The highest BCUT2D eigenvalue weighted by Gasteiger charge is 2.34. The van der Waals surface area contributed by atoms with E-state index in [4.69, 9.17) is 4.74 Å². The molecular formula is C28H26F3N5O5S. The lowest BCUT2D eigenvalue weighted by Crippen LogP contribution is -2.52. The molecule has 0 radical (unpaired) electrons. The molecular weight excluding hydrogens is 575 g/mol. The lowest BCUT2D eigenvalue weighted by Gasteiger charge is -2.36. The van der Waals surface area contributed by atoms with E-state index in [0.29, 0.717) is 28.4 Å². The van der Waals surface area contributed by atoms with Crippen molar-refractivity contribution in [3.05, 3.63) is 89.5 Å². The fraction of sp³-hybridized carbons (Fsp3) is 0.286. The van der Waals surface area contributed by atoms with Crippen molar-refractivity contribution in [3.8, 4) is 0 Å². The summed E-state index contributed by atoms with van der Waals surface area (Å²) in [4.78, 5) is 37.0. The van der Waals surface area contributed by atoms with Crippen molar-refractivity contribution in [1.29, 1.82) is 0 Å². The van der Waals surface area contributed by atoms with E-state index in [1.54, 1.807) is 29.2 Å². The minimum Gasteiger partial charge on any atom is -0.376 e. The Labute approximate surface area is 239 Å². The van der Waals surface area contributed by atoms with Crippen molar-refractivity contribution < 1.29 is 35.9 Å². The zero-order chi connectivity index (χ0) is 30.1. The molecule has 10 nitrogen and oxygen atoms in total. The first kappa shape index (κ1) is 29.2. The summed E-state index contributed by atoms with van der Waals surface area (Å²) >= 11 is 0. The Morgan fingerprint density at radius 2 is 1.64 bits per heavy atom. The van der Waals surface area contributed by atoms with Gasteiger partial charge in [0.25, 0.3) is 21.8 Å². The predicted molar refractivity (Wildman–Crippen MR) is 145 cm³/mol. The number of nitrogens with one attached hydrogen (secondary N) is 1. The van der Waals surface area contributed by atoms with Crippen LogP contribution in [0.3, 0.4) is 0 Å². The second kappa shape index (κ2) is 11.5. The van der Waals surface area contributed by atoms with E-state index in [0.717, 1.165) is 12.1 Å². The third-order valence-electron chi connectivity index (χ3n) is 7.06. The number of ether oxygens (including phenoxy) is 1. The lowest BCUT2D eigenvalue weighted by molar-refractivity contribution is -0.137. The van der Waals surface area contributed by atoms with E-state index in [-0.39, 0.29) is 49.1 Å². The summed E-state index contributed by atoms with van der Waals surface area (Å²) < 4.78 is 72.9. The number of sulfonamides is 1. The number of carbonyl (C=O) groups excluding carboxylic acids is 2. The molecule has 2 aliphatic rings. The van der Waals surface area contributed by atoms with Gasteiger partial charge in [0.1, 0.15) is 10.6 Å². The molecule has 0 spiro atoms. The Balaban J connectivity index is 1.25. The van der Waals surface area contributed by atoms with Gasteiger partial charge in [-0.05, 0) is 36.4 Å². The molecule has 1 aromatic carbocycles. The number of methoxy groups -OCH3 is 1. The molecule has 5 rings (SSSR count). The molecule has 42 heavy (non-hydrogen) atoms. The number of benzene rings is 1. The van der Waals surface area contributed by atoms with Gasteiger partial charge in [-0.1, -0.05) is 18.2 Å². The maximum absolute atomic E-state index is 13.3. The molecule has 1 aliphatic heterocycles. The number of fused-ring (bicyclic) bond motifs is 1. The monoisotopic (exact) mass is 601 g/mol. The topological polar surface area (TPSA) is 122 Å². The van der Waals surface area contributed by atoms with Crippen LogP contribution >= 0.6 is 0 Å². The number of aromatic nitrogens is 2. The van der Waals surface area contributed by atoms with Crippen LogP contribution in [0, 0.1) is 0 Å². The summed E-state index contributed by atoms with van der Waals surface area (Å²) in [5, 5.41) is 0.679. The minimum absolute atomic E-state index is 0.0280. The molecule has 1 fully saturated rings. The van der Waals surface area contributed by atoms with Crippen molar-refractivity contribution in [2.75, 3.05) is 33.3 Å². The van der Waals surface area contributed by atoms with Crippen LogP contribution < -0.4 is 4.72 Å². The van der Waals surface area contributed by atoms with E-state index in [9.17, 15) is 31.2 Å². The van der Waals surface area contributed by atoms with Crippen molar-refractivity contribution in [1.82, 2.24) is 24.5 Å². The van der Waals surface area contributed by atoms with Crippen molar-refractivity contribution in [3.63, 3.8) is 0 Å². The predicted octanol–water partition coefficient (Wildman–Crippen LogP) is 3.14. The SMILES string of the molecule is COC1CC(NS(=O)(=O)c2cccc3cccnc23)=CC=C1C(=O)N1CCN(C(=O)c2ccc(C(F)(F)F)cn2)CC1. The molecule has 0 bridgehead atoms. The second-order valence-electron chi connectivity index (χ2n) is 9.69. The highest BCUT2D eigenvalue weighted by Crippen LogP contribution is 2.29. The van der Waals surface area contributed by atoms with Gasteiger partial charge in [0.05, 0.1) is 17.2 Å². The Bertz CT molecular complexity index is 1680. The van der Waals surface area contributed by atoms with Gasteiger partial charge in [0, 0.05) is 68.8 Å². The van der Waals surface area contributed by atoms with E-state index < -0.39 is 33.8 Å². The van der Waals surface area contributed by atoms with Crippen LogP contribution in [0.4, 0.5) is 13.2 Å². The maximum atomic E-state index is 13.3. The van der Waals surface area contributed by atoms with Crippen LogP contribution in [-0.2, 0) is 25.7 Å². The Morgan fingerprint density at radius 1 is 0.952 bits per heavy atom. The number of allylic oxidation sites excluding steroid dienone is 2. The molecule has 3 aromatic rings. The number of hydrogen-bond acceptors (Lipinski definition) is 7. The molecule has 2 aromatic heterocycles. The first-order chi connectivity index (χ1) is 20.0. The van der Waals surface area contributed by atoms with Gasteiger partial charge in [-0.15, -0.1) is 0 Å². The summed E-state index contributed by atoms with van der Waals surface area (Å²) in [6.45, 7) is 0.711. The number of halogens is 3. The molecule has 3 heterocycles. The first-order valence-corrected chi connectivity index (χ1v) is 14.4. The smallest absolute Gasteiger partial charge is 0.376 e. The third kappa shape index (κ3) is 5.99. The number of rotatable bonds is 6. The number of pyridine rings is 2. The highest BCUT2D eigenvalue weighted by molar-refractivity contribution is 7.89. The largest absolute Gasteiger partial charge is 0.417 e. The zero-order valence-electron chi connectivity index (χ0n) is 22.3. The van der Waals surface area contributed by atoms with Crippen LogP contribution in [0.25, 0.3) is 10.9 Å². The number of nitrogens with zero attached hydrogens (tertiary/aromatic N) is 4. The number of piperazine rings is 1. The molecule has 1 saturated heterocycles. The number of para-hydroxylation sites is 1. The van der Waals surface area contributed by atoms with Gasteiger partial charge < -0.3 is 14.5 Å². The van der Waals surface area contributed by atoms with E-state index in [1.165, 1.54) is 36.4 Å². The third-order valence-corrected chi connectivity index (χ3v) is 8.50. The van der Waals surface area contributed by atoms with Crippen molar-refractivity contribution >= 4 is 32.7 Å². The number of amides is 2. The molecule has 2 amide bonds. The Hall–Kier alpha value is -4.30. The standard InChI is InChI=1S/C28H26F3N5O5S/c1-41-23-16-20(34-42(39,40)24-6-2-4-18-5-3-11-32-25(18)24)8-9-21(23)26(37)35-12-14-36(15-13-35)27(38)22-10-7-19(17-33-22)28(29,30)31/h2-11,17,23,34H,12-16H2,1H3. The van der Waals surface area contributed by atoms with Gasteiger partial charge in [-0.2, -0.15) is 13.2 Å². The molecule has 1 aliphatic carbocycles. The molecule has 1 unspecified atom stereocenters. The Kier molecular flexibility index (Phi) is 8.01. The van der Waals surface area contributed by atoms with Crippen LogP contribution in [-0.4, -0.2) is 79.4 Å². The second-order valence-corrected chi connectivity index (χ2v) is 11.3. The summed E-state index contributed by atoms with van der Waals surface area (Å²) in [5.74, 6) is -0.846. The van der Waals surface area contributed by atoms with Crippen molar-refractivity contribution in [2.24, 2.45) is 0 Å². The maximum Gasteiger partial charge on any atom is 0.417 e. The molecule has 14 heteroatoms. The van der Waals surface area contributed by atoms with E-state index in [2.05, 4.69) is 14.7 Å². The van der Waals surface area contributed by atoms with Gasteiger partial charge in [0.15, 0.2) is 0 Å². The summed E-state index contributed by atoms with van der Waals surface area (Å²) in [6.07, 6.45) is 0.00439. The zero-order valence-corrected chi connectivity index (χ0v) is 23.2. The fourth-order valence-electron chi connectivity index (χ4n) is 4.84. The molecule has 220 valence electrons. The van der Waals surface area contributed by atoms with Gasteiger partial charge in [-0.3, -0.25) is 24.3 Å². The summed E-state index contributed by atoms with van der Waals surface area (Å²) in [7, 11) is -2.56. The van der Waals surface area contributed by atoms with Gasteiger partial charge >= 0.3 is 6.18 Å². The van der Waals surface area contributed by atoms with Crippen LogP contribution in [0.5, 0.6) is 0 Å². The van der Waals surface area contributed by atoms with E-state index in [1.807, 2.05) is 0 Å². The normalized spacial score (nSPS) is 18.0. The highest BCUT2D eigenvalue weighted by atomic mass is 32.2. The minimum atomic E-state index is -4.55. The van der Waals surface area contributed by atoms with Crippen LogP contribution in [0.1, 0.15) is 22.5 Å². The summed E-state index contributed by atoms with van der Waals surface area (Å²) in [6, 6.07) is 10.2. The van der Waals surface area contributed by atoms with Crippen LogP contribution in [0.15, 0.2) is 83.2 Å². The molecule has 1 atom stereocenters. The molecule has 1 N–H and O–H groups in total. The molecule has 0 saturated carbocycles. The average Bonchev–Trinajstić information content (AvgIpc) is 2.99. The number of alkyl halides is 3. The van der Waals surface area contributed by atoms with Crippen LogP contribution in [0.2, 0.25) is 0 Å². The van der Waals surface area contributed by atoms with Gasteiger partial charge in [-0.25, -0.2) is 8.42 Å². The first-order valence-electron chi connectivity index (χ1n) is 12.9. The number of carbonyl (C=O) groups is 2. The average molecular weight is 602 g/mol. The Morgan fingerprint density at radius 3 is 2.29 bits per heavy atom. The quantitative estimate of drug-likeness (QED) is 0.461. The summed E-state index contributed by atoms with van der Waals surface area (Å²) in [5.41, 5.74) is -0.0531. The number of hydrogen-bond donors (Lipinski definition) is 1. The fourth-order valence-corrected chi connectivity index (χ4v) is 6.13. The van der Waals surface area contributed by atoms with Gasteiger partial charge in [0.2, 0.25) is 0 Å².